The zero-order chi connectivity index (χ0) is 16.7. The first-order chi connectivity index (χ1) is 11.0. The van der Waals surface area contributed by atoms with Crippen molar-refractivity contribution in [3.8, 4) is 6.07 Å². The topological polar surface area (TPSA) is 70.4 Å². The lowest BCUT2D eigenvalue weighted by atomic mass is 9.99. The first-order valence-electron chi connectivity index (χ1n) is 8.09. The molecule has 0 spiro atoms. The maximum atomic E-state index is 12.0. The van der Waals surface area contributed by atoms with E-state index in [1.807, 2.05) is 19.1 Å². The number of nitrogens with zero attached hydrogens (tertiary/aromatic N) is 2. The number of benzene rings is 1. The average Bonchev–Trinajstić information content (AvgIpc) is 2.56. The lowest BCUT2D eigenvalue weighted by Crippen LogP contribution is -2.40. The molecule has 0 radical (unpaired) electrons. The van der Waals surface area contributed by atoms with E-state index in [-0.39, 0.29) is 5.75 Å². The fourth-order valence-electron chi connectivity index (χ4n) is 2.76. The smallest absolute Gasteiger partial charge is 0.214 e. The molecule has 1 saturated heterocycles. The van der Waals surface area contributed by atoms with Crippen LogP contribution in [0.3, 0.4) is 0 Å². The molecule has 0 unspecified atom stereocenters. The summed E-state index contributed by atoms with van der Waals surface area (Å²) in [7, 11) is -3.06. The molecule has 0 amide bonds. The van der Waals surface area contributed by atoms with Gasteiger partial charge in [0.2, 0.25) is 10.0 Å². The van der Waals surface area contributed by atoms with Crippen molar-refractivity contribution in [3.63, 3.8) is 0 Å². The van der Waals surface area contributed by atoms with Crippen LogP contribution in [0.15, 0.2) is 24.3 Å². The molecule has 2 rings (SSSR count). The molecule has 0 saturated carbocycles. The van der Waals surface area contributed by atoms with Gasteiger partial charge in [-0.1, -0.05) is 19.1 Å². The Morgan fingerprint density at radius 2 is 1.91 bits per heavy atom. The van der Waals surface area contributed by atoms with Gasteiger partial charge in [0.15, 0.2) is 0 Å². The van der Waals surface area contributed by atoms with Gasteiger partial charge in [-0.25, -0.2) is 12.7 Å². The van der Waals surface area contributed by atoms with E-state index in [1.165, 1.54) is 0 Å². The third kappa shape index (κ3) is 5.31. The predicted molar refractivity (Wildman–Crippen MR) is 89.2 cm³/mol. The van der Waals surface area contributed by atoms with Gasteiger partial charge >= 0.3 is 0 Å². The van der Waals surface area contributed by atoms with Gasteiger partial charge in [-0.2, -0.15) is 5.26 Å². The highest BCUT2D eigenvalue weighted by Gasteiger charge is 2.27. The fraction of sp³-hybridized carbons (Fsp3) is 0.588. The summed E-state index contributed by atoms with van der Waals surface area (Å²) in [6, 6.07) is 9.47. The van der Waals surface area contributed by atoms with Crippen LogP contribution in [-0.4, -0.2) is 38.2 Å². The van der Waals surface area contributed by atoms with E-state index < -0.39 is 10.0 Å². The highest BCUT2D eigenvalue weighted by atomic mass is 32.2. The largest absolute Gasteiger partial charge is 0.376 e. The Morgan fingerprint density at radius 1 is 1.26 bits per heavy atom. The van der Waals surface area contributed by atoms with E-state index in [4.69, 9.17) is 10.00 Å². The highest BCUT2D eigenvalue weighted by Crippen LogP contribution is 2.21. The van der Waals surface area contributed by atoms with Crippen LogP contribution in [0.1, 0.15) is 37.3 Å². The highest BCUT2D eigenvalue weighted by molar-refractivity contribution is 7.89. The summed E-state index contributed by atoms with van der Waals surface area (Å²) < 4.78 is 31.4. The van der Waals surface area contributed by atoms with Crippen LogP contribution < -0.4 is 0 Å². The van der Waals surface area contributed by atoms with E-state index in [0.29, 0.717) is 44.2 Å². The molecule has 0 bridgehead atoms. The van der Waals surface area contributed by atoms with Crippen LogP contribution in [0.4, 0.5) is 0 Å². The van der Waals surface area contributed by atoms with E-state index >= 15 is 0 Å². The maximum Gasteiger partial charge on any atom is 0.214 e. The Labute approximate surface area is 138 Å². The zero-order valence-corrected chi connectivity index (χ0v) is 14.4. The molecule has 0 aliphatic carbocycles. The summed E-state index contributed by atoms with van der Waals surface area (Å²) in [6.45, 7) is 4.28. The number of piperidine rings is 1. The lowest BCUT2D eigenvalue weighted by Gasteiger charge is -2.31. The second kappa shape index (κ2) is 8.44. The number of hydrogen-bond donors (Lipinski definition) is 0. The minimum atomic E-state index is -3.06. The molecule has 1 fully saturated rings. The van der Waals surface area contributed by atoms with Gasteiger partial charge in [-0.15, -0.1) is 0 Å². The van der Waals surface area contributed by atoms with Gasteiger partial charge in [0.05, 0.1) is 24.0 Å². The fourth-order valence-corrected chi connectivity index (χ4v) is 4.30. The predicted octanol–water partition coefficient (Wildman–Crippen LogP) is 2.53. The quantitative estimate of drug-likeness (QED) is 0.767. The van der Waals surface area contributed by atoms with E-state index in [9.17, 15) is 8.42 Å². The van der Waals surface area contributed by atoms with Crippen molar-refractivity contribution >= 4 is 10.0 Å². The van der Waals surface area contributed by atoms with E-state index in [0.717, 1.165) is 18.4 Å². The second-order valence-corrected chi connectivity index (χ2v) is 8.07. The monoisotopic (exact) mass is 336 g/mol. The van der Waals surface area contributed by atoms with Gasteiger partial charge in [0.1, 0.15) is 0 Å². The van der Waals surface area contributed by atoms with Gasteiger partial charge in [-0.05, 0) is 42.9 Å². The standard InChI is InChI=1S/C17H24N2O3S/c1-2-11-23(20,21)19-9-7-17(8-10-19)14-22-13-16-5-3-15(12-18)4-6-16/h3-6,17H,2,7-11,13-14H2,1H3. The first kappa shape index (κ1) is 17.9. The number of sulfonamides is 1. The molecule has 5 nitrogen and oxygen atoms in total. The van der Waals surface area contributed by atoms with Crippen LogP contribution in [0, 0.1) is 17.2 Å². The lowest BCUT2D eigenvalue weighted by molar-refractivity contribution is 0.0688. The molecule has 1 heterocycles. The molecule has 1 aromatic carbocycles. The Bertz CT molecular complexity index is 627. The molecular formula is C17H24N2O3S. The van der Waals surface area contributed by atoms with Gasteiger partial charge in [0.25, 0.3) is 0 Å². The van der Waals surface area contributed by atoms with Crippen LogP contribution in [0.5, 0.6) is 0 Å². The van der Waals surface area contributed by atoms with Crippen molar-refractivity contribution in [2.75, 3.05) is 25.4 Å². The molecule has 1 aliphatic rings. The van der Waals surface area contributed by atoms with Crippen molar-refractivity contribution in [1.82, 2.24) is 4.31 Å². The molecule has 0 N–H and O–H groups in total. The molecule has 23 heavy (non-hydrogen) atoms. The van der Waals surface area contributed by atoms with Crippen LogP contribution in [0.25, 0.3) is 0 Å². The number of hydrogen-bond acceptors (Lipinski definition) is 4. The summed E-state index contributed by atoms with van der Waals surface area (Å²) in [5.74, 6) is 0.661. The minimum absolute atomic E-state index is 0.243. The SMILES string of the molecule is CCCS(=O)(=O)N1CCC(COCc2ccc(C#N)cc2)CC1. The normalized spacial score (nSPS) is 17.0. The summed E-state index contributed by atoms with van der Waals surface area (Å²) in [5, 5.41) is 8.76. The number of ether oxygens (including phenoxy) is 1. The zero-order valence-electron chi connectivity index (χ0n) is 13.6. The maximum absolute atomic E-state index is 12.0. The summed E-state index contributed by atoms with van der Waals surface area (Å²) in [4.78, 5) is 0. The Kier molecular flexibility index (Phi) is 6.58. The van der Waals surface area contributed by atoms with Crippen molar-refractivity contribution in [1.29, 1.82) is 5.26 Å². The first-order valence-corrected chi connectivity index (χ1v) is 9.70. The molecule has 1 aliphatic heterocycles. The number of nitriles is 1. The van der Waals surface area contributed by atoms with Crippen molar-refractivity contribution in [2.24, 2.45) is 5.92 Å². The van der Waals surface area contributed by atoms with Crippen LogP contribution in [0.2, 0.25) is 0 Å². The summed E-state index contributed by atoms with van der Waals surface area (Å²) in [6.07, 6.45) is 2.38. The average molecular weight is 336 g/mol. The summed E-state index contributed by atoms with van der Waals surface area (Å²) >= 11 is 0. The third-order valence-electron chi connectivity index (χ3n) is 4.13. The van der Waals surface area contributed by atoms with Crippen LogP contribution >= 0.6 is 0 Å². The van der Waals surface area contributed by atoms with Crippen LogP contribution in [-0.2, 0) is 21.4 Å². The third-order valence-corrected chi connectivity index (χ3v) is 6.21. The van der Waals surface area contributed by atoms with E-state index in [1.54, 1.807) is 16.4 Å². The molecule has 0 atom stereocenters. The van der Waals surface area contributed by atoms with Gasteiger partial charge < -0.3 is 4.74 Å². The Morgan fingerprint density at radius 3 is 2.48 bits per heavy atom. The van der Waals surface area contributed by atoms with Crippen molar-refractivity contribution in [3.05, 3.63) is 35.4 Å². The van der Waals surface area contributed by atoms with E-state index in [2.05, 4.69) is 6.07 Å². The van der Waals surface area contributed by atoms with Gasteiger partial charge in [-0.3, -0.25) is 0 Å². The van der Waals surface area contributed by atoms with Gasteiger partial charge in [0, 0.05) is 19.7 Å². The van der Waals surface area contributed by atoms with Crippen molar-refractivity contribution in [2.45, 2.75) is 32.8 Å². The molecule has 126 valence electrons. The molecular weight excluding hydrogens is 312 g/mol. The number of rotatable bonds is 7. The second-order valence-electron chi connectivity index (χ2n) is 5.98. The molecule has 6 heteroatoms. The Balaban J connectivity index is 1.71. The minimum Gasteiger partial charge on any atom is -0.376 e. The molecule has 1 aromatic rings. The van der Waals surface area contributed by atoms with Crippen molar-refractivity contribution < 1.29 is 13.2 Å². The molecule has 0 aromatic heterocycles. The summed E-state index contributed by atoms with van der Waals surface area (Å²) in [5.41, 5.74) is 1.70. The Hall–Kier alpha value is -1.42.